The standard InChI is InChI=1S/C9H18N2O2/c1-2-10-9(13)6-11-7-4-3-5-8(7)12/h7-8,11-12H,2-6H2,1H3,(H,10,13)/t7-,8-/m0/s1. The summed E-state index contributed by atoms with van der Waals surface area (Å²) < 4.78 is 0. The third-order valence-electron chi connectivity index (χ3n) is 2.38. The molecule has 0 aromatic carbocycles. The van der Waals surface area contributed by atoms with Gasteiger partial charge in [-0.15, -0.1) is 0 Å². The maximum Gasteiger partial charge on any atom is 0.233 e. The number of aliphatic hydroxyl groups is 1. The quantitative estimate of drug-likeness (QED) is 0.561. The van der Waals surface area contributed by atoms with E-state index in [1.807, 2.05) is 6.92 Å². The first-order valence-corrected chi connectivity index (χ1v) is 4.92. The molecule has 0 aromatic rings. The van der Waals surface area contributed by atoms with E-state index in [1.54, 1.807) is 0 Å². The molecule has 1 aliphatic rings. The van der Waals surface area contributed by atoms with Gasteiger partial charge in [-0.05, 0) is 26.2 Å². The van der Waals surface area contributed by atoms with Crippen LogP contribution in [-0.2, 0) is 4.79 Å². The van der Waals surface area contributed by atoms with E-state index in [9.17, 15) is 9.90 Å². The van der Waals surface area contributed by atoms with Crippen LogP contribution in [0.3, 0.4) is 0 Å². The molecular formula is C9H18N2O2. The van der Waals surface area contributed by atoms with Crippen LogP contribution in [-0.4, -0.2) is 36.2 Å². The molecular weight excluding hydrogens is 168 g/mol. The van der Waals surface area contributed by atoms with Gasteiger partial charge in [0.15, 0.2) is 0 Å². The van der Waals surface area contributed by atoms with E-state index >= 15 is 0 Å². The molecule has 1 saturated carbocycles. The van der Waals surface area contributed by atoms with Gasteiger partial charge in [-0.3, -0.25) is 4.79 Å². The molecule has 4 nitrogen and oxygen atoms in total. The minimum atomic E-state index is -0.269. The Labute approximate surface area is 78.7 Å². The van der Waals surface area contributed by atoms with Crippen molar-refractivity contribution in [3.8, 4) is 0 Å². The molecule has 4 heteroatoms. The van der Waals surface area contributed by atoms with Gasteiger partial charge in [0.05, 0.1) is 12.6 Å². The molecule has 1 amide bonds. The topological polar surface area (TPSA) is 61.4 Å². The van der Waals surface area contributed by atoms with Crippen LogP contribution in [0.5, 0.6) is 0 Å². The third-order valence-corrected chi connectivity index (χ3v) is 2.38. The Morgan fingerprint density at radius 2 is 2.31 bits per heavy atom. The Morgan fingerprint density at radius 1 is 1.54 bits per heavy atom. The number of rotatable bonds is 4. The molecule has 0 aromatic heterocycles. The van der Waals surface area contributed by atoms with Crippen LogP contribution in [0.2, 0.25) is 0 Å². The van der Waals surface area contributed by atoms with Gasteiger partial charge in [-0.2, -0.15) is 0 Å². The fourth-order valence-electron chi connectivity index (χ4n) is 1.66. The summed E-state index contributed by atoms with van der Waals surface area (Å²) in [7, 11) is 0. The summed E-state index contributed by atoms with van der Waals surface area (Å²) in [5.74, 6) is 0.00148. The van der Waals surface area contributed by atoms with Gasteiger partial charge >= 0.3 is 0 Å². The Morgan fingerprint density at radius 3 is 2.85 bits per heavy atom. The van der Waals surface area contributed by atoms with Gasteiger partial charge in [0.2, 0.25) is 5.91 Å². The number of likely N-dealkylation sites (N-methyl/N-ethyl adjacent to an activating group) is 1. The van der Waals surface area contributed by atoms with Gasteiger partial charge in [0.25, 0.3) is 0 Å². The van der Waals surface area contributed by atoms with E-state index in [2.05, 4.69) is 10.6 Å². The van der Waals surface area contributed by atoms with Crippen molar-refractivity contribution >= 4 is 5.91 Å². The molecule has 0 saturated heterocycles. The first kappa shape index (κ1) is 10.5. The van der Waals surface area contributed by atoms with Crippen molar-refractivity contribution in [1.82, 2.24) is 10.6 Å². The number of hydrogen-bond acceptors (Lipinski definition) is 3. The number of nitrogens with one attached hydrogen (secondary N) is 2. The Hall–Kier alpha value is -0.610. The molecule has 1 rings (SSSR count). The van der Waals surface area contributed by atoms with Gasteiger partial charge in [-0.1, -0.05) is 0 Å². The van der Waals surface area contributed by atoms with E-state index in [4.69, 9.17) is 0 Å². The second-order valence-corrected chi connectivity index (χ2v) is 3.44. The first-order valence-electron chi connectivity index (χ1n) is 4.92. The van der Waals surface area contributed by atoms with Crippen molar-refractivity contribution in [3.05, 3.63) is 0 Å². The smallest absolute Gasteiger partial charge is 0.233 e. The molecule has 76 valence electrons. The second-order valence-electron chi connectivity index (χ2n) is 3.44. The lowest BCUT2D eigenvalue weighted by atomic mass is 10.2. The Kier molecular flexibility index (Phi) is 4.18. The SMILES string of the molecule is CCNC(=O)CN[C@H]1CCC[C@@H]1O. The molecule has 0 bridgehead atoms. The molecule has 0 aliphatic heterocycles. The van der Waals surface area contributed by atoms with Crippen molar-refractivity contribution in [2.45, 2.75) is 38.3 Å². The van der Waals surface area contributed by atoms with Crippen LogP contribution in [0.25, 0.3) is 0 Å². The minimum Gasteiger partial charge on any atom is -0.392 e. The highest BCUT2D eigenvalue weighted by Crippen LogP contribution is 2.18. The monoisotopic (exact) mass is 186 g/mol. The zero-order chi connectivity index (χ0) is 9.68. The largest absolute Gasteiger partial charge is 0.392 e. The molecule has 1 aliphatic carbocycles. The fraction of sp³-hybridized carbons (Fsp3) is 0.889. The van der Waals surface area contributed by atoms with Gasteiger partial charge in [-0.25, -0.2) is 0 Å². The number of aliphatic hydroxyl groups excluding tert-OH is 1. The van der Waals surface area contributed by atoms with Crippen LogP contribution in [0, 0.1) is 0 Å². The average molecular weight is 186 g/mol. The Balaban J connectivity index is 2.14. The normalized spacial score (nSPS) is 27.5. The minimum absolute atomic E-state index is 0.00148. The molecule has 13 heavy (non-hydrogen) atoms. The lowest BCUT2D eigenvalue weighted by Crippen LogP contribution is -2.42. The summed E-state index contributed by atoms with van der Waals surface area (Å²) in [5, 5.41) is 15.2. The molecule has 0 unspecified atom stereocenters. The predicted octanol–water partition coefficient (Wildman–Crippen LogP) is -0.374. The molecule has 0 spiro atoms. The van der Waals surface area contributed by atoms with E-state index in [0.29, 0.717) is 13.1 Å². The molecule has 0 radical (unpaired) electrons. The van der Waals surface area contributed by atoms with Crippen molar-refractivity contribution in [3.63, 3.8) is 0 Å². The van der Waals surface area contributed by atoms with Crippen LogP contribution >= 0.6 is 0 Å². The van der Waals surface area contributed by atoms with Crippen LogP contribution in [0.15, 0.2) is 0 Å². The maximum atomic E-state index is 11.1. The summed E-state index contributed by atoms with van der Waals surface area (Å²) in [6.45, 7) is 2.87. The lowest BCUT2D eigenvalue weighted by molar-refractivity contribution is -0.120. The lowest BCUT2D eigenvalue weighted by Gasteiger charge is -2.15. The first-order chi connectivity index (χ1) is 6.24. The molecule has 2 atom stereocenters. The highest BCUT2D eigenvalue weighted by Gasteiger charge is 2.24. The van der Waals surface area contributed by atoms with E-state index < -0.39 is 0 Å². The van der Waals surface area contributed by atoms with E-state index in [0.717, 1.165) is 19.3 Å². The molecule has 3 N–H and O–H groups in total. The van der Waals surface area contributed by atoms with Crippen LogP contribution < -0.4 is 10.6 Å². The van der Waals surface area contributed by atoms with Crippen LogP contribution in [0.1, 0.15) is 26.2 Å². The van der Waals surface area contributed by atoms with Gasteiger partial charge < -0.3 is 15.7 Å². The summed E-state index contributed by atoms with van der Waals surface area (Å²) in [6, 6.07) is 0.114. The van der Waals surface area contributed by atoms with E-state index in [1.165, 1.54) is 0 Å². The summed E-state index contributed by atoms with van der Waals surface area (Å²) >= 11 is 0. The highest BCUT2D eigenvalue weighted by molar-refractivity contribution is 5.77. The maximum absolute atomic E-state index is 11.1. The van der Waals surface area contributed by atoms with Gasteiger partial charge in [0, 0.05) is 12.6 Å². The number of carbonyl (C=O) groups is 1. The summed E-state index contributed by atoms with van der Waals surface area (Å²) in [6.07, 6.45) is 2.61. The number of hydrogen-bond donors (Lipinski definition) is 3. The fourth-order valence-corrected chi connectivity index (χ4v) is 1.66. The van der Waals surface area contributed by atoms with Crippen molar-refractivity contribution in [1.29, 1.82) is 0 Å². The van der Waals surface area contributed by atoms with Gasteiger partial charge in [0.1, 0.15) is 0 Å². The van der Waals surface area contributed by atoms with Crippen LogP contribution in [0.4, 0.5) is 0 Å². The number of carbonyl (C=O) groups excluding carboxylic acids is 1. The second kappa shape index (κ2) is 5.19. The zero-order valence-electron chi connectivity index (χ0n) is 8.05. The third kappa shape index (κ3) is 3.32. The van der Waals surface area contributed by atoms with Crippen molar-refractivity contribution < 1.29 is 9.90 Å². The van der Waals surface area contributed by atoms with E-state index in [-0.39, 0.29) is 18.1 Å². The summed E-state index contributed by atoms with van der Waals surface area (Å²) in [4.78, 5) is 11.1. The van der Waals surface area contributed by atoms with Crippen molar-refractivity contribution in [2.24, 2.45) is 0 Å². The summed E-state index contributed by atoms with van der Waals surface area (Å²) in [5.41, 5.74) is 0. The molecule has 1 fully saturated rings. The number of amides is 1. The Bertz CT molecular complexity index is 173. The predicted molar refractivity (Wildman–Crippen MR) is 50.3 cm³/mol. The highest BCUT2D eigenvalue weighted by atomic mass is 16.3. The zero-order valence-corrected chi connectivity index (χ0v) is 8.05. The van der Waals surface area contributed by atoms with Crippen molar-refractivity contribution in [2.75, 3.05) is 13.1 Å². The molecule has 0 heterocycles. The average Bonchev–Trinajstić information content (AvgIpc) is 2.48.